The zero-order valence-electron chi connectivity index (χ0n) is 43.8. The predicted molar refractivity (Wildman–Crippen MR) is 282 cm³/mol. The normalized spacial score (nSPS) is 14.2. The second-order valence-electron chi connectivity index (χ2n) is 20.1. The molecule has 402 valence electrons. The van der Waals surface area contributed by atoms with E-state index in [-0.39, 0.29) is 62.6 Å². The number of tetrazole rings is 1. The van der Waals surface area contributed by atoms with E-state index in [1.54, 1.807) is 128 Å². The average Bonchev–Trinajstić information content (AvgIpc) is 4.15. The summed E-state index contributed by atoms with van der Waals surface area (Å²) in [6, 6.07) is 28.0. The third kappa shape index (κ3) is 13.3. The number of alkyl carbamates (subject to hydrolysis) is 1. The van der Waals surface area contributed by atoms with Gasteiger partial charge in [-0.05, 0) is 136 Å². The van der Waals surface area contributed by atoms with E-state index in [9.17, 15) is 9.59 Å². The van der Waals surface area contributed by atoms with Crippen LogP contribution in [0.5, 0.6) is 17.2 Å². The van der Waals surface area contributed by atoms with Gasteiger partial charge in [-0.2, -0.15) is 9.10 Å². The maximum atomic E-state index is 16.3. The summed E-state index contributed by atoms with van der Waals surface area (Å²) in [5, 5.41) is 16.3. The first-order valence-electron chi connectivity index (χ1n) is 24.3. The van der Waals surface area contributed by atoms with Crippen LogP contribution in [0.4, 0.5) is 9.59 Å². The van der Waals surface area contributed by atoms with Gasteiger partial charge in [0.2, 0.25) is 25.9 Å². The van der Waals surface area contributed by atoms with Crippen molar-refractivity contribution in [2.75, 3.05) is 34.4 Å². The number of imidazole rings is 1. The number of aromatic amines is 1. The van der Waals surface area contributed by atoms with Crippen LogP contribution in [0.25, 0.3) is 33.5 Å². The number of hydrogen-bond donors (Lipinski definition) is 3. The maximum Gasteiger partial charge on any atom is 0.410 e. The molecule has 1 saturated heterocycles. The molecule has 0 unspecified atom stereocenters. The average molecular weight is 1080 g/mol. The number of carbonyl (C=O) groups excluding carboxylic acids is 2. The monoisotopic (exact) mass is 1080 g/mol. The summed E-state index contributed by atoms with van der Waals surface area (Å²) in [5.41, 5.74) is 1.91. The van der Waals surface area contributed by atoms with Crippen LogP contribution in [0.2, 0.25) is 0 Å². The molecule has 23 heteroatoms. The summed E-state index contributed by atoms with van der Waals surface area (Å²) < 4.78 is 94.2. The van der Waals surface area contributed by atoms with Gasteiger partial charge in [0.15, 0.2) is 0 Å². The molecule has 0 bridgehead atoms. The van der Waals surface area contributed by atoms with Gasteiger partial charge in [-0.25, -0.2) is 36.1 Å². The molecule has 1 aliphatic heterocycles. The van der Waals surface area contributed by atoms with E-state index in [1.807, 2.05) is 12.1 Å². The molecular weight excluding hydrogens is 1020 g/mol. The Morgan fingerprint density at radius 1 is 0.750 bits per heavy atom. The van der Waals surface area contributed by atoms with E-state index in [4.69, 9.17) is 28.8 Å². The number of amides is 2. The van der Waals surface area contributed by atoms with Crippen LogP contribution in [-0.2, 0) is 55.7 Å². The summed E-state index contributed by atoms with van der Waals surface area (Å²) in [7, 11) is -5.18. The fourth-order valence-corrected chi connectivity index (χ4v) is 12.1. The molecule has 2 amide bonds. The molecule has 1 atom stereocenters. The van der Waals surface area contributed by atoms with Crippen molar-refractivity contribution in [1.29, 1.82) is 0 Å². The van der Waals surface area contributed by atoms with Crippen LogP contribution in [0.3, 0.4) is 0 Å². The molecule has 2 aromatic heterocycles. The number of likely N-dealkylation sites (tertiary alicyclic amines) is 1. The Bertz CT molecular complexity index is 3380. The van der Waals surface area contributed by atoms with Gasteiger partial charge in [-0.3, -0.25) is 0 Å². The van der Waals surface area contributed by atoms with Crippen LogP contribution < -0.4 is 24.2 Å². The second kappa shape index (κ2) is 22.3. The minimum atomic E-state index is -4.99. The first kappa shape index (κ1) is 54.7. The Kier molecular flexibility index (Phi) is 16.0. The van der Waals surface area contributed by atoms with Gasteiger partial charge >= 0.3 is 12.2 Å². The van der Waals surface area contributed by atoms with Crippen molar-refractivity contribution in [3.05, 3.63) is 126 Å². The molecule has 1 aliphatic rings. The third-order valence-corrected chi connectivity index (χ3v) is 15.6. The van der Waals surface area contributed by atoms with E-state index in [1.165, 1.54) is 40.4 Å². The van der Waals surface area contributed by atoms with Crippen molar-refractivity contribution < 1.29 is 50.1 Å². The number of nitrogens with zero attached hydrogens (tertiary/aromatic N) is 7. The molecule has 3 N–H and O–H groups in total. The topological polar surface area (TPSA) is 251 Å². The zero-order valence-corrected chi connectivity index (χ0v) is 45.4. The van der Waals surface area contributed by atoms with Gasteiger partial charge in [0.1, 0.15) is 44.1 Å². The van der Waals surface area contributed by atoms with Crippen LogP contribution >= 0.6 is 0 Å². The number of hydrogen-bond acceptors (Lipinski definition) is 15. The van der Waals surface area contributed by atoms with E-state index in [2.05, 4.69) is 30.3 Å². The van der Waals surface area contributed by atoms with Crippen molar-refractivity contribution in [3.63, 3.8) is 0 Å². The molecular formula is C53H62N10O11S2. The lowest BCUT2D eigenvalue weighted by atomic mass is 9.98. The van der Waals surface area contributed by atoms with Gasteiger partial charge in [0.25, 0.3) is 0 Å². The van der Waals surface area contributed by atoms with Crippen LogP contribution in [0.1, 0.15) is 70.5 Å². The zero-order chi connectivity index (χ0) is 54.6. The van der Waals surface area contributed by atoms with Crippen molar-refractivity contribution in [2.45, 2.75) is 101 Å². The van der Waals surface area contributed by atoms with Crippen molar-refractivity contribution >= 4 is 43.3 Å². The second-order valence-corrected chi connectivity index (χ2v) is 23.6. The number of aromatic nitrogens is 6. The van der Waals surface area contributed by atoms with E-state index < -0.39 is 59.3 Å². The van der Waals surface area contributed by atoms with E-state index in [0.717, 1.165) is 5.56 Å². The number of nitrogens with one attached hydrogen (secondary N) is 3. The molecule has 1 fully saturated rings. The largest absolute Gasteiger partial charge is 0.497 e. The number of fused-ring (bicyclic) bond motifs is 1. The van der Waals surface area contributed by atoms with Crippen LogP contribution in [0, 0.1) is 0 Å². The summed E-state index contributed by atoms with van der Waals surface area (Å²) in [6.45, 7) is 10.3. The number of ether oxygens (including phenoxy) is 5. The number of benzene rings is 5. The van der Waals surface area contributed by atoms with Gasteiger partial charge in [0, 0.05) is 32.2 Å². The first-order valence-corrected chi connectivity index (χ1v) is 27.2. The Morgan fingerprint density at radius 2 is 1.33 bits per heavy atom. The molecule has 7 aromatic rings. The minimum absolute atomic E-state index is 0.00208. The lowest BCUT2D eigenvalue weighted by molar-refractivity contribution is 0.0291. The van der Waals surface area contributed by atoms with Gasteiger partial charge in [-0.15, -0.1) is 10.2 Å². The standard InChI is InChI=1S/C53H62N10O11S2/c1-52(2,3)73-50(64)54-29-46-55-43-24-16-37(28-44(43)56-46)42-23-25-45(75(66,67)59-38-26-27-61(33-38)51(65)74-53(4,5)6)48(47(42)49-57-60-63(58-49)32-36-14-21-41(72-9)22-15-36)76(68,69)62(30-34-10-17-39(70-7)18-11-34)31-35-12-19-40(71-8)20-13-35/h10-25,28,38,59H,26-27,29-33H2,1-9H3,(H,54,64)(H,55,56)/t38-/m1/s1. The highest BCUT2D eigenvalue weighted by Gasteiger charge is 2.40. The highest BCUT2D eigenvalue weighted by molar-refractivity contribution is 7.92. The number of carbonyl (C=O) groups is 2. The molecule has 0 radical (unpaired) electrons. The Labute approximate surface area is 442 Å². The predicted octanol–water partition coefficient (Wildman–Crippen LogP) is 7.66. The summed E-state index contributed by atoms with van der Waals surface area (Å²) in [6.07, 6.45) is -1.03. The summed E-state index contributed by atoms with van der Waals surface area (Å²) >= 11 is 0. The Morgan fingerprint density at radius 3 is 1.89 bits per heavy atom. The smallest absolute Gasteiger partial charge is 0.410 e. The maximum absolute atomic E-state index is 16.3. The lowest BCUT2D eigenvalue weighted by Crippen LogP contribution is -2.41. The molecule has 0 saturated carbocycles. The number of rotatable bonds is 18. The first-order chi connectivity index (χ1) is 36.0. The lowest BCUT2D eigenvalue weighted by Gasteiger charge is -2.27. The quantitative estimate of drug-likeness (QED) is 0.0746. The summed E-state index contributed by atoms with van der Waals surface area (Å²) in [5.74, 6) is 1.93. The third-order valence-electron chi connectivity index (χ3n) is 12.0. The Hall–Kier alpha value is -7.60. The molecule has 76 heavy (non-hydrogen) atoms. The van der Waals surface area contributed by atoms with Crippen molar-refractivity contribution in [1.82, 2.24) is 49.4 Å². The molecule has 5 aromatic carbocycles. The minimum Gasteiger partial charge on any atom is -0.497 e. The van der Waals surface area contributed by atoms with Gasteiger partial charge in [0.05, 0.1) is 51.0 Å². The molecule has 0 spiro atoms. The van der Waals surface area contributed by atoms with E-state index >= 15 is 16.8 Å². The fraction of sp³-hybridized carbons (Fsp3) is 0.358. The van der Waals surface area contributed by atoms with E-state index in [0.29, 0.717) is 50.8 Å². The number of sulfonamides is 2. The van der Waals surface area contributed by atoms with Gasteiger partial charge < -0.3 is 38.9 Å². The molecule has 8 rings (SSSR count). The molecule has 21 nitrogen and oxygen atoms in total. The van der Waals surface area contributed by atoms with Gasteiger partial charge in [-0.1, -0.05) is 48.5 Å². The van der Waals surface area contributed by atoms with Crippen molar-refractivity contribution in [2.24, 2.45) is 0 Å². The highest BCUT2D eigenvalue weighted by Crippen LogP contribution is 2.42. The SMILES string of the molecule is COc1ccc(CN(Cc2ccc(OC)cc2)S(=O)(=O)c2c(S(=O)(=O)N[C@@H]3CCN(C(=O)OC(C)(C)C)C3)ccc(-c3ccc4nc(CNC(=O)OC(C)(C)C)[nH]c4c3)c2-c2nnn(Cc3ccc(OC)cc3)n2)cc1. The number of H-pyrrole nitrogens is 1. The summed E-state index contributed by atoms with van der Waals surface area (Å²) in [4.78, 5) is 35.1. The molecule has 3 heterocycles. The Balaban J connectivity index is 1.32. The number of methoxy groups -OCH3 is 3. The fourth-order valence-electron chi connectivity index (χ4n) is 8.44. The van der Waals surface area contributed by atoms with Crippen LogP contribution in [-0.4, -0.2) is 120 Å². The van der Waals surface area contributed by atoms with Crippen LogP contribution in [0.15, 0.2) is 113 Å². The van der Waals surface area contributed by atoms with Crippen molar-refractivity contribution in [3.8, 4) is 39.8 Å². The molecule has 0 aliphatic carbocycles. The highest BCUT2D eigenvalue weighted by atomic mass is 32.2.